The normalized spacial score (nSPS) is 15.0. The molecule has 8 nitrogen and oxygen atoms in total. The Morgan fingerprint density at radius 2 is 1.84 bits per heavy atom. The number of hydrogen-bond donors (Lipinski definition) is 2. The van der Waals surface area contributed by atoms with Gasteiger partial charge in [0.1, 0.15) is 34.5 Å². The SMILES string of the molecule is COc1ccc2cc([C@H]3CC(=O)Oc4cc(O)c5c(=O)c(-c6ccc(Cl)cc6)coc5c43)c(=O)[nH]c2c1. The highest BCUT2D eigenvalue weighted by atomic mass is 35.5. The van der Waals surface area contributed by atoms with Crippen LogP contribution in [0.4, 0.5) is 0 Å². The van der Waals surface area contributed by atoms with Crippen molar-refractivity contribution >= 4 is 39.4 Å². The van der Waals surface area contributed by atoms with Gasteiger partial charge >= 0.3 is 5.97 Å². The number of aromatic hydroxyl groups is 1. The standard InChI is InChI=1S/C28H18ClNO7/c1-35-16-7-4-14-8-18(28(34)30-20(14)9-16)17-10-23(32)37-22-11-21(31)25-26(33)19(12-36-27(25)24(17)22)13-2-5-15(29)6-3-13/h2-9,11-12,17,31H,10H2,1H3,(H,30,34)/t17-/m1/s1. The van der Waals surface area contributed by atoms with Crippen LogP contribution in [-0.2, 0) is 4.79 Å². The lowest BCUT2D eigenvalue weighted by Crippen LogP contribution is -2.26. The molecule has 3 aromatic carbocycles. The van der Waals surface area contributed by atoms with Crippen LogP contribution in [0.3, 0.4) is 0 Å². The summed E-state index contributed by atoms with van der Waals surface area (Å²) in [5.74, 6) is -1.14. The number of benzene rings is 3. The molecule has 3 heterocycles. The topological polar surface area (TPSA) is 119 Å². The number of pyridine rings is 1. The van der Waals surface area contributed by atoms with Crippen molar-refractivity contribution in [3.8, 4) is 28.4 Å². The van der Waals surface area contributed by atoms with E-state index in [0.29, 0.717) is 33.0 Å². The van der Waals surface area contributed by atoms with E-state index in [9.17, 15) is 19.5 Å². The highest BCUT2D eigenvalue weighted by Gasteiger charge is 2.35. The zero-order valence-corrected chi connectivity index (χ0v) is 20.1. The molecule has 1 atom stereocenters. The van der Waals surface area contributed by atoms with Crippen molar-refractivity contribution in [1.82, 2.24) is 4.98 Å². The van der Waals surface area contributed by atoms with E-state index in [1.807, 2.05) is 0 Å². The van der Waals surface area contributed by atoms with Crippen LogP contribution in [0.1, 0.15) is 23.5 Å². The van der Waals surface area contributed by atoms with Crippen LogP contribution < -0.4 is 20.5 Å². The molecule has 0 fully saturated rings. The van der Waals surface area contributed by atoms with E-state index < -0.39 is 28.6 Å². The highest BCUT2D eigenvalue weighted by Crippen LogP contribution is 2.45. The summed E-state index contributed by atoms with van der Waals surface area (Å²) in [6.45, 7) is 0. The van der Waals surface area contributed by atoms with Gasteiger partial charge in [-0.2, -0.15) is 0 Å². The van der Waals surface area contributed by atoms with E-state index in [2.05, 4.69) is 4.98 Å². The van der Waals surface area contributed by atoms with E-state index in [1.165, 1.54) is 19.4 Å². The largest absolute Gasteiger partial charge is 0.507 e. The maximum absolute atomic E-state index is 13.5. The van der Waals surface area contributed by atoms with Crippen LogP contribution in [0.15, 0.2) is 74.9 Å². The molecule has 0 bridgehead atoms. The number of carbonyl (C=O) groups excluding carboxylic acids is 1. The third-order valence-corrected chi connectivity index (χ3v) is 6.83. The maximum Gasteiger partial charge on any atom is 0.312 e. The third kappa shape index (κ3) is 3.73. The number of ether oxygens (including phenoxy) is 2. The molecule has 0 saturated heterocycles. The lowest BCUT2D eigenvalue weighted by molar-refractivity contribution is -0.135. The summed E-state index contributed by atoms with van der Waals surface area (Å²) in [6, 6.07) is 14.8. The van der Waals surface area contributed by atoms with Crippen LogP contribution in [0.5, 0.6) is 17.2 Å². The van der Waals surface area contributed by atoms with Crippen molar-refractivity contribution in [3.05, 3.63) is 97.6 Å². The van der Waals surface area contributed by atoms with Gasteiger partial charge in [0.2, 0.25) is 5.43 Å². The number of nitrogens with one attached hydrogen (secondary N) is 1. The predicted octanol–water partition coefficient (Wildman–Crippen LogP) is 5.11. The Bertz CT molecular complexity index is 1850. The minimum Gasteiger partial charge on any atom is -0.507 e. The Morgan fingerprint density at radius 1 is 1.05 bits per heavy atom. The average molecular weight is 516 g/mol. The number of esters is 1. The first-order valence-electron chi connectivity index (χ1n) is 11.3. The summed E-state index contributed by atoms with van der Waals surface area (Å²) in [4.78, 5) is 42.0. The van der Waals surface area contributed by atoms with E-state index in [0.717, 1.165) is 5.39 Å². The van der Waals surface area contributed by atoms with E-state index in [1.54, 1.807) is 48.5 Å². The van der Waals surface area contributed by atoms with Crippen LogP contribution in [-0.4, -0.2) is 23.2 Å². The molecule has 6 rings (SSSR count). The van der Waals surface area contributed by atoms with E-state index >= 15 is 0 Å². The summed E-state index contributed by atoms with van der Waals surface area (Å²) >= 11 is 5.97. The Morgan fingerprint density at radius 3 is 2.59 bits per heavy atom. The number of H-pyrrole nitrogens is 1. The number of halogens is 1. The van der Waals surface area contributed by atoms with Gasteiger partial charge in [0.15, 0.2) is 0 Å². The summed E-state index contributed by atoms with van der Waals surface area (Å²) in [7, 11) is 1.53. The Hall–Kier alpha value is -4.56. The fraction of sp³-hybridized carbons (Fsp3) is 0.107. The van der Waals surface area contributed by atoms with Crippen molar-refractivity contribution in [2.75, 3.05) is 7.11 Å². The minimum absolute atomic E-state index is 0.0304. The summed E-state index contributed by atoms with van der Waals surface area (Å²) in [5, 5.41) is 11.9. The molecule has 1 aliphatic rings. The third-order valence-electron chi connectivity index (χ3n) is 6.58. The fourth-order valence-corrected chi connectivity index (χ4v) is 4.94. The monoisotopic (exact) mass is 515 g/mol. The predicted molar refractivity (Wildman–Crippen MR) is 138 cm³/mol. The molecule has 37 heavy (non-hydrogen) atoms. The second-order valence-corrected chi connectivity index (χ2v) is 9.17. The molecule has 0 saturated carbocycles. The van der Waals surface area contributed by atoms with Crippen molar-refractivity contribution < 1.29 is 23.8 Å². The molecular formula is C28H18ClNO7. The van der Waals surface area contributed by atoms with Gasteiger partial charge in [-0.3, -0.25) is 14.4 Å². The molecule has 184 valence electrons. The zero-order chi connectivity index (χ0) is 25.8. The minimum atomic E-state index is -0.779. The van der Waals surface area contributed by atoms with Crippen molar-refractivity contribution in [2.45, 2.75) is 12.3 Å². The second-order valence-electron chi connectivity index (χ2n) is 8.73. The van der Waals surface area contributed by atoms with Crippen LogP contribution in [0.2, 0.25) is 5.02 Å². The van der Waals surface area contributed by atoms with Gasteiger partial charge < -0.3 is 24.0 Å². The van der Waals surface area contributed by atoms with Crippen LogP contribution >= 0.6 is 11.6 Å². The van der Waals surface area contributed by atoms with Gasteiger partial charge in [-0.25, -0.2) is 0 Å². The first kappa shape index (κ1) is 22.9. The number of carbonyl (C=O) groups is 1. The molecular weight excluding hydrogens is 498 g/mol. The van der Waals surface area contributed by atoms with Gasteiger partial charge in [-0.1, -0.05) is 23.7 Å². The Labute approximate surface area is 213 Å². The van der Waals surface area contributed by atoms with Crippen molar-refractivity contribution in [2.24, 2.45) is 0 Å². The highest BCUT2D eigenvalue weighted by molar-refractivity contribution is 6.30. The molecule has 0 unspecified atom stereocenters. The number of rotatable bonds is 3. The van der Waals surface area contributed by atoms with E-state index in [-0.39, 0.29) is 28.7 Å². The smallest absolute Gasteiger partial charge is 0.312 e. The van der Waals surface area contributed by atoms with Gasteiger partial charge in [0.25, 0.3) is 5.56 Å². The number of aromatic nitrogens is 1. The molecule has 5 aromatic rings. The van der Waals surface area contributed by atoms with Crippen molar-refractivity contribution in [1.29, 1.82) is 0 Å². The molecule has 2 N–H and O–H groups in total. The molecule has 0 spiro atoms. The number of fused-ring (bicyclic) bond motifs is 4. The van der Waals surface area contributed by atoms with Crippen LogP contribution in [0.25, 0.3) is 33.0 Å². The number of phenols is 1. The van der Waals surface area contributed by atoms with E-state index in [4.69, 9.17) is 25.5 Å². The quantitative estimate of drug-likeness (QED) is 0.253. The fourth-order valence-electron chi connectivity index (χ4n) is 4.81. The first-order valence-corrected chi connectivity index (χ1v) is 11.7. The lowest BCUT2D eigenvalue weighted by atomic mass is 9.85. The molecule has 0 aliphatic carbocycles. The first-order chi connectivity index (χ1) is 17.8. The van der Waals surface area contributed by atoms with Gasteiger partial charge in [-0.15, -0.1) is 0 Å². The van der Waals surface area contributed by atoms with Crippen molar-refractivity contribution in [3.63, 3.8) is 0 Å². The molecule has 1 aliphatic heterocycles. The molecule has 0 amide bonds. The number of hydrogen-bond acceptors (Lipinski definition) is 7. The number of aromatic amines is 1. The van der Waals surface area contributed by atoms with Gasteiger partial charge in [-0.05, 0) is 41.3 Å². The summed E-state index contributed by atoms with van der Waals surface area (Å²) in [5.41, 5.74) is 1.15. The van der Waals surface area contributed by atoms with Gasteiger partial charge in [0.05, 0.1) is 24.6 Å². The Balaban J connectivity index is 1.59. The summed E-state index contributed by atoms with van der Waals surface area (Å²) in [6.07, 6.45) is 1.14. The maximum atomic E-state index is 13.5. The average Bonchev–Trinajstić information content (AvgIpc) is 2.88. The number of phenolic OH excluding ortho intramolecular Hbond substituents is 1. The van der Waals surface area contributed by atoms with Gasteiger partial charge in [0, 0.05) is 34.2 Å². The second kappa shape index (κ2) is 8.53. The zero-order valence-electron chi connectivity index (χ0n) is 19.3. The molecule has 9 heteroatoms. The Kier molecular flexibility index (Phi) is 5.27. The lowest BCUT2D eigenvalue weighted by Gasteiger charge is -2.25. The number of methoxy groups -OCH3 is 1. The summed E-state index contributed by atoms with van der Waals surface area (Å²) < 4.78 is 16.5. The molecule has 0 radical (unpaired) electrons. The molecule has 2 aromatic heterocycles. The van der Waals surface area contributed by atoms with Crippen LogP contribution in [0, 0.1) is 0 Å².